The quantitative estimate of drug-likeness (QED) is 0.785. The number of hydrogen-bond acceptors (Lipinski definition) is 4. The zero-order chi connectivity index (χ0) is 13.0. The fourth-order valence-corrected chi connectivity index (χ4v) is 4.09. The van der Waals surface area contributed by atoms with Crippen molar-refractivity contribution in [2.45, 2.75) is 44.4 Å². The average Bonchev–Trinajstić information content (AvgIpc) is 2.40. The predicted molar refractivity (Wildman–Crippen MR) is 76.7 cm³/mol. The van der Waals surface area contributed by atoms with Crippen molar-refractivity contribution in [1.29, 1.82) is 0 Å². The zero-order valence-electron chi connectivity index (χ0n) is 11.9. The smallest absolute Gasteiger partial charge is 0.104 e. The minimum atomic E-state index is 0.393. The Morgan fingerprint density at radius 3 is 2.50 bits per heavy atom. The van der Waals surface area contributed by atoms with Crippen molar-refractivity contribution in [3.05, 3.63) is 0 Å². The zero-order valence-corrected chi connectivity index (χ0v) is 12.7. The minimum Gasteiger partial charge on any atom is -0.379 e. The molecule has 4 heteroatoms. The number of ether oxygens (including phenoxy) is 2. The van der Waals surface area contributed by atoms with E-state index in [1.54, 1.807) is 0 Å². The molecule has 18 heavy (non-hydrogen) atoms. The van der Waals surface area contributed by atoms with Gasteiger partial charge in [0.2, 0.25) is 0 Å². The minimum absolute atomic E-state index is 0.393. The van der Waals surface area contributed by atoms with Crippen LogP contribution in [-0.4, -0.2) is 48.6 Å². The van der Waals surface area contributed by atoms with E-state index in [1.165, 1.54) is 12.8 Å². The lowest BCUT2D eigenvalue weighted by molar-refractivity contribution is 0.0234. The Morgan fingerprint density at radius 2 is 1.83 bits per heavy atom. The second-order valence-electron chi connectivity index (χ2n) is 5.71. The number of hydrogen-bond donors (Lipinski definition) is 0. The van der Waals surface area contributed by atoms with E-state index in [1.807, 2.05) is 11.8 Å². The predicted octanol–water partition coefficient (Wildman–Crippen LogP) is 2.81. The van der Waals surface area contributed by atoms with E-state index in [4.69, 9.17) is 9.47 Å². The van der Waals surface area contributed by atoms with E-state index in [0.29, 0.717) is 10.8 Å². The highest BCUT2D eigenvalue weighted by atomic mass is 32.2. The molecule has 2 heterocycles. The molecular formula is C14H27NO2S. The highest BCUT2D eigenvalue weighted by molar-refractivity contribution is 8.00. The summed E-state index contributed by atoms with van der Waals surface area (Å²) in [5, 5.41) is 0.546. The maximum Gasteiger partial charge on any atom is 0.104 e. The topological polar surface area (TPSA) is 21.7 Å². The van der Waals surface area contributed by atoms with Crippen LogP contribution in [0.15, 0.2) is 0 Å². The molecule has 0 N–H and O–H groups in total. The second kappa shape index (κ2) is 7.13. The standard InChI is InChI=1S/C14H27NO2S/c1-11(2)13-4-7-17-14(10-13)18-12(3)15-5-8-16-9-6-15/h11-14H,4-10H2,1-3H3. The van der Waals surface area contributed by atoms with Gasteiger partial charge in [-0.3, -0.25) is 4.90 Å². The first-order chi connectivity index (χ1) is 8.66. The molecule has 2 aliphatic rings. The molecule has 3 atom stereocenters. The highest BCUT2D eigenvalue weighted by Gasteiger charge is 2.28. The first-order valence-corrected chi connectivity index (χ1v) is 8.20. The fraction of sp³-hybridized carbons (Fsp3) is 1.00. The van der Waals surface area contributed by atoms with Crippen LogP contribution in [0.5, 0.6) is 0 Å². The Bertz CT molecular complexity index is 244. The van der Waals surface area contributed by atoms with Crippen molar-refractivity contribution < 1.29 is 9.47 Å². The Balaban J connectivity index is 1.77. The van der Waals surface area contributed by atoms with Crippen molar-refractivity contribution in [2.24, 2.45) is 11.8 Å². The van der Waals surface area contributed by atoms with Crippen LogP contribution in [0.2, 0.25) is 0 Å². The molecule has 2 aliphatic heterocycles. The van der Waals surface area contributed by atoms with E-state index in [2.05, 4.69) is 25.7 Å². The SMILES string of the molecule is CC(C)C1CCOC(SC(C)N2CCOCC2)C1. The number of thioether (sulfide) groups is 1. The molecule has 3 nitrogen and oxygen atoms in total. The van der Waals surface area contributed by atoms with Crippen LogP contribution in [0.25, 0.3) is 0 Å². The van der Waals surface area contributed by atoms with Crippen molar-refractivity contribution in [3.8, 4) is 0 Å². The van der Waals surface area contributed by atoms with Crippen LogP contribution >= 0.6 is 11.8 Å². The molecule has 2 fully saturated rings. The van der Waals surface area contributed by atoms with Gasteiger partial charge in [0.05, 0.1) is 18.6 Å². The molecular weight excluding hydrogens is 246 g/mol. The third-order valence-corrected chi connectivity index (χ3v) is 5.46. The molecule has 0 bridgehead atoms. The van der Waals surface area contributed by atoms with Crippen LogP contribution in [0.4, 0.5) is 0 Å². The Kier molecular flexibility index (Phi) is 5.80. The average molecular weight is 273 g/mol. The Labute approximate surface area is 116 Å². The summed E-state index contributed by atoms with van der Waals surface area (Å²) in [5.41, 5.74) is 0.393. The van der Waals surface area contributed by atoms with Crippen LogP contribution in [-0.2, 0) is 9.47 Å². The summed E-state index contributed by atoms with van der Waals surface area (Å²) in [6, 6.07) is 0. The molecule has 0 amide bonds. The highest BCUT2D eigenvalue weighted by Crippen LogP contribution is 2.34. The van der Waals surface area contributed by atoms with Gasteiger partial charge in [0.25, 0.3) is 0 Å². The van der Waals surface area contributed by atoms with Crippen LogP contribution in [0.1, 0.15) is 33.6 Å². The third kappa shape index (κ3) is 4.12. The van der Waals surface area contributed by atoms with E-state index < -0.39 is 0 Å². The van der Waals surface area contributed by atoms with Gasteiger partial charge in [-0.25, -0.2) is 0 Å². The molecule has 0 aromatic heterocycles. The molecule has 0 aromatic rings. The van der Waals surface area contributed by atoms with E-state index in [-0.39, 0.29) is 0 Å². The normalized spacial score (nSPS) is 32.7. The molecule has 106 valence electrons. The van der Waals surface area contributed by atoms with Gasteiger partial charge < -0.3 is 9.47 Å². The summed E-state index contributed by atoms with van der Waals surface area (Å²) >= 11 is 2.00. The molecule has 2 saturated heterocycles. The number of morpholine rings is 1. The first-order valence-electron chi connectivity index (χ1n) is 7.25. The van der Waals surface area contributed by atoms with E-state index in [0.717, 1.165) is 44.7 Å². The lowest BCUT2D eigenvalue weighted by atomic mass is 9.89. The summed E-state index contributed by atoms with van der Waals surface area (Å²) in [6.07, 6.45) is 2.46. The van der Waals surface area contributed by atoms with Crippen molar-refractivity contribution >= 4 is 11.8 Å². The second-order valence-corrected chi connectivity index (χ2v) is 7.19. The molecule has 0 spiro atoms. The van der Waals surface area contributed by atoms with Crippen molar-refractivity contribution in [2.75, 3.05) is 32.9 Å². The van der Waals surface area contributed by atoms with Gasteiger partial charge in [0.1, 0.15) is 5.44 Å². The molecule has 3 unspecified atom stereocenters. The van der Waals surface area contributed by atoms with Gasteiger partial charge in [-0.05, 0) is 31.6 Å². The van der Waals surface area contributed by atoms with E-state index in [9.17, 15) is 0 Å². The van der Waals surface area contributed by atoms with Crippen molar-refractivity contribution in [3.63, 3.8) is 0 Å². The maximum atomic E-state index is 5.92. The molecule has 0 radical (unpaired) electrons. The van der Waals surface area contributed by atoms with Gasteiger partial charge in [-0.2, -0.15) is 0 Å². The number of rotatable bonds is 4. The first kappa shape index (κ1) is 14.6. The summed E-state index contributed by atoms with van der Waals surface area (Å²) in [4.78, 5) is 2.51. The summed E-state index contributed by atoms with van der Waals surface area (Å²) in [7, 11) is 0. The summed E-state index contributed by atoms with van der Waals surface area (Å²) in [5.74, 6) is 1.63. The van der Waals surface area contributed by atoms with Gasteiger partial charge in [-0.15, -0.1) is 11.8 Å². The monoisotopic (exact) mass is 273 g/mol. The van der Waals surface area contributed by atoms with E-state index >= 15 is 0 Å². The lowest BCUT2D eigenvalue weighted by Crippen LogP contribution is -2.42. The van der Waals surface area contributed by atoms with Gasteiger partial charge in [0.15, 0.2) is 0 Å². The van der Waals surface area contributed by atoms with Gasteiger partial charge in [-0.1, -0.05) is 13.8 Å². The third-order valence-electron chi connectivity index (χ3n) is 4.14. The lowest BCUT2D eigenvalue weighted by Gasteiger charge is -2.37. The molecule has 0 aromatic carbocycles. The Morgan fingerprint density at radius 1 is 1.11 bits per heavy atom. The Hall–Kier alpha value is 0.230. The maximum absolute atomic E-state index is 5.92. The van der Waals surface area contributed by atoms with Crippen LogP contribution in [0, 0.1) is 11.8 Å². The van der Waals surface area contributed by atoms with Gasteiger partial charge >= 0.3 is 0 Å². The summed E-state index contributed by atoms with van der Waals surface area (Å²) < 4.78 is 11.3. The van der Waals surface area contributed by atoms with Crippen LogP contribution in [0.3, 0.4) is 0 Å². The molecule has 2 rings (SSSR count). The largest absolute Gasteiger partial charge is 0.379 e. The van der Waals surface area contributed by atoms with Crippen LogP contribution < -0.4 is 0 Å². The molecule has 0 aliphatic carbocycles. The van der Waals surface area contributed by atoms with Gasteiger partial charge in [0, 0.05) is 19.7 Å². The number of nitrogens with zero attached hydrogens (tertiary/aromatic N) is 1. The van der Waals surface area contributed by atoms with Crippen molar-refractivity contribution in [1.82, 2.24) is 4.90 Å². The fourth-order valence-electron chi connectivity index (χ4n) is 2.73. The summed E-state index contributed by atoms with van der Waals surface area (Å²) in [6.45, 7) is 11.8. The molecule has 0 saturated carbocycles.